The zero-order valence-electron chi connectivity index (χ0n) is 14.3. The molecular weight excluding hydrogens is 302 g/mol. The molecule has 2 rings (SSSR count). The van der Waals surface area contributed by atoms with Crippen LogP contribution in [0.15, 0.2) is 48.5 Å². The summed E-state index contributed by atoms with van der Waals surface area (Å²) in [5.74, 6) is -0.697. The van der Waals surface area contributed by atoms with Crippen LogP contribution in [0.2, 0.25) is 0 Å². The quantitative estimate of drug-likeness (QED) is 0.822. The summed E-state index contributed by atoms with van der Waals surface area (Å²) in [6.45, 7) is 5.51. The van der Waals surface area contributed by atoms with Crippen LogP contribution < -0.4 is 5.32 Å². The first kappa shape index (κ1) is 17.7. The van der Waals surface area contributed by atoms with Crippen LogP contribution in [0, 0.1) is 13.8 Å². The van der Waals surface area contributed by atoms with E-state index >= 15 is 0 Å². The molecule has 24 heavy (non-hydrogen) atoms. The molecule has 0 saturated heterocycles. The Balaban J connectivity index is 1.83. The van der Waals surface area contributed by atoms with Gasteiger partial charge in [0.2, 0.25) is 0 Å². The van der Waals surface area contributed by atoms with Crippen molar-refractivity contribution in [2.24, 2.45) is 0 Å². The highest BCUT2D eigenvalue weighted by molar-refractivity contribution is 5.95. The van der Waals surface area contributed by atoms with Gasteiger partial charge in [-0.05, 0) is 44.4 Å². The summed E-state index contributed by atoms with van der Waals surface area (Å²) >= 11 is 0. The maximum Gasteiger partial charge on any atom is 0.306 e. The second-order valence-corrected chi connectivity index (χ2v) is 5.93. The number of nitrogens with one attached hydrogen (secondary N) is 1. The van der Waals surface area contributed by atoms with Gasteiger partial charge < -0.3 is 10.1 Å². The number of hydrogen-bond donors (Lipinski definition) is 1. The molecule has 1 N–H and O–H groups in total. The summed E-state index contributed by atoms with van der Waals surface area (Å²) in [4.78, 5) is 24.1. The molecule has 0 heterocycles. The highest BCUT2D eigenvalue weighted by Crippen LogP contribution is 2.16. The van der Waals surface area contributed by atoms with E-state index in [9.17, 15) is 9.59 Å². The van der Waals surface area contributed by atoms with Crippen LogP contribution in [0.5, 0.6) is 0 Å². The second-order valence-electron chi connectivity index (χ2n) is 5.93. The Morgan fingerprint density at radius 3 is 2.46 bits per heavy atom. The van der Waals surface area contributed by atoms with Gasteiger partial charge in [-0.15, -0.1) is 0 Å². The maximum absolute atomic E-state index is 12.2. The first-order chi connectivity index (χ1) is 11.5. The molecule has 0 bridgehead atoms. The number of benzene rings is 2. The molecule has 0 spiro atoms. The van der Waals surface area contributed by atoms with Crippen molar-refractivity contribution in [3.63, 3.8) is 0 Å². The largest absolute Gasteiger partial charge is 0.453 e. The number of ether oxygens (including phenoxy) is 1. The van der Waals surface area contributed by atoms with Crippen molar-refractivity contribution in [3.05, 3.63) is 65.2 Å². The summed E-state index contributed by atoms with van der Waals surface area (Å²) < 4.78 is 5.22. The molecule has 0 fully saturated rings. The lowest BCUT2D eigenvalue weighted by Gasteiger charge is -2.15. The van der Waals surface area contributed by atoms with Crippen LogP contribution in [0.25, 0.3) is 0 Å². The van der Waals surface area contributed by atoms with Crippen LogP contribution in [0.1, 0.15) is 30.0 Å². The molecule has 1 unspecified atom stereocenters. The number of carbonyl (C=O) groups is 2. The summed E-state index contributed by atoms with van der Waals surface area (Å²) in [5, 5.41) is 2.80. The first-order valence-corrected chi connectivity index (χ1v) is 8.07. The molecule has 0 saturated carbocycles. The standard InChI is InChI=1S/C20H23NO3/c1-14-9-11-18(15(2)13-14)21-20(23)16(3)24-19(22)12-10-17-7-5-4-6-8-17/h4-9,11,13,16H,10,12H2,1-3H3,(H,21,23). The van der Waals surface area contributed by atoms with Crippen molar-refractivity contribution in [2.75, 3.05) is 5.32 Å². The number of hydrogen-bond acceptors (Lipinski definition) is 3. The first-order valence-electron chi connectivity index (χ1n) is 8.07. The molecule has 0 radical (unpaired) electrons. The van der Waals surface area contributed by atoms with Crippen LogP contribution >= 0.6 is 0 Å². The third kappa shape index (κ3) is 5.23. The fourth-order valence-corrected chi connectivity index (χ4v) is 2.39. The van der Waals surface area contributed by atoms with Crippen molar-refractivity contribution in [3.8, 4) is 0 Å². The smallest absolute Gasteiger partial charge is 0.306 e. The van der Waals surface area contributed by atoms with Crippen molar-refractivity contribution in [1.82, 2.24) is 0 Å². The van der Waals surface area contributed by atoms with Crippen molar-refractivity contribution < 1.29 is 14.3 Å². The Bertz CT molecular complexity index is 710. The Kier molecular flexibility index (Phi) is 6.13. The lowest BCUT2D eigenvalue weighted by atomic mass is 10.1. The highest BCUT2D eigenvalue weighted by atomic mass is 16.5. The van der Waals surface area contributed by atoms with Gasteiger partial charge in [0.1, 0.15) is 0 Å². The Hall–Kier alpha value is -2.62. The van der Waals surface area contributed by atoms with E-state index in [2.05, 4.69) is 5.32 Å². The number of aryl methyl sites for hydroxylation is 3. The van der Waals surface area contributed by atoms with E-state index in [-0.39, 0.29) is 18.3 Å². The van der Waals surface area contributed by atoms with Crippen LogP contribution in [-0.2, 0) is 20.7 Å². The minimum atomic E-state index is -0.825. The predicted octanol–water partition coefficient (Wildman–Crippen LogP) is 3.81. The third-order valence-electron chi connectivity index (χ3n) is 3.78. The van der Waals surface area contributed by atoms with Gasteiger partial charge in [-0.2, -0.15) is 0 Å². The van der Waals surface area contributed by atoms with Crippen molar-refractivity contribution >= 4 is 17.6 Å². The average Bonchev–Trinajstić information content (AvgIpc) is 2.56. The Morgan fingerprint density at radius 1 is 1.08 bits per heavy atom. The number of amides is 1. The molecule has 2 aromatic rings. The molecule has 0 aromatic heterocycles. The molecule has 4 nitrogen and oxygen atoms in total. The van der Waals surface area contributed by atoms with Gasteiger partial charge in [0, 0.05) is 12.1 Å². The van der Waals surface area contributed by atoms with Crippen LogP contribution in [0.4, 0.5) is 5.69 Å². The molecule has 2 aromatic carbocycles. The monoisotopic (exact) mass is 325 g/mol. The van der Waals surface area contributed by atoms with E-state index in [1.807, 2.05) is 62.4 Å². The molecular formula is C20H23NO3. The lowest BCUT2D eigenvalue weighted by molar-refractivity contribution is -0.153. The van der Waals surface area contributed by atoms with E-state index in [4.69, 9.17) is 4.74 Å². The van der Waals surface area contributed by atoms with Gasteiger partial charge in [0.05, 0.1) is 0 Å². The molecule has 0 aliphatic rings. The predicted molar refractivity (Wildman–Crippen MR) is 94.9 cm³/mol. The molecule has 1 atom stereocenters. The zero-order chi connectivity index (χ0) is 17.5. The third-order valence-corrected chi connectivity index (χ3v) is 3.78. The minimum Gasteiger partial charge on any atom is -0.453 e. The van der Waals surface area contributed by atoms with E-state index in [1.54, 1.807) is 6.92 Å². The molecule has 126 valence electrons. The van der Waals surface area contributed by atoms with Gasteiger partial charge in [-0.1, -0.05) is 48.0 Å². The SMILES string of the molecule is Cc1ccc(NC(=O)C(C)OC(=O)CCc2ccccc2)c(C)c1. The van der Waals surface area contributed by atoms with Gasteiger partial charge in [0.25, 0.3) is 5.91 Å². The van der Waals surface area contributed by atoms with Crippen molar-refractivity contribution in [1.29, 1.82) is 0 Å². The lowest BCUT2D eigenvalue weighted by Crippen LogP contribution is -2.30. The number of carbonyl (C=O) groups excluding carboxylic acids is 2. The number of anilines is 1. The van der Waals surface area contributed by atoms with E-state index < -0.39 is 6.10 Å². The van der Waals surface area contributed by atoms with Gasteiger partial charge in [0.15, 0.2) is 6.10 Å². The highest BCUT2D eigenvalue weighted by Gasteiger charge is 2.18. The van der Waals surface area contributed by atoms with E-state index in [1.165, 1.54) is 0 Å². The zero-order valence-corrected chi connectivity index (χ0v) is 14.3. The van der Waals surface area contributed by atoms with E-state index in [0.29, 0.717) is 6.42 Å². The minimum absolute atomic E-state index is 0.255. The molecule has 0 aliphatic heterocycles. The number of esters is 1. The topological polar surface area (TPSA) is 55.4 Å². The van der Waals surface area contributed by atoms with Crippen LogP contribution in [-0.4, -0.2) is 18.0 Å². The molecule has 4 heteroatoms. The van der Waals surface area contributed by atoms with E-state index in [0.717, 1.165) is 22.4 Å². The fourth-order valence-electron chi connectivity index (χ4n) is 2.39. The number of rotatable bonds is 6. The van der Waals surface area contributed by atoms with Crippen molar-refractivity contribution in [2.45, 2.75) is 39.7 Å². The summed E-state index contributed by atoms with van der Waals surface area (Å²) in [6.07, 6.45) is 0.0324. The fraction of sp³-hybridized carbons (Fsp3) is 0.300. The normalized spacial score (nSPS) is 11.6. The maximum atomic E-state index is 12.2. The molecule has 1 amide bonds. The second kappa shape index (κ2) is 8.29. The summed E-state index contributed by atoms with van der Waals surface area (Å²) in [5.41, 5.74) is 3.91. The van der Waals surface area contributed by atoms with Gasteiger partial charge in [-0.3, -0.25) is 9.59 Å². The summed E-state index contributed by atoms with van der Waals surface area (Å²) in [7, 11) is 0. The molecule has 0 aliphatic carbocycles. The Labute approximate surface area is 142 Å². The van der Waals surface area contributed by atoms with Gasteiger partial charge in [-0.25, -0.2) is 0 Å². The van der Waals surface area contributed by atoms with Crippen LogP contribution in [0.3, 0.4) is 0 Å². The summed E-state index contributed by atoms with van der Waals surface area (Å²) in [6, 6.07) is 15.5. The van der Waals surface area contributed by atoms with Gasteiger partial charge >= 0.3 is 5.97 Å². The Morgan fingerprint density at radius 2 is 1.79 bits per heavy atom. The average molecular weight is 325 g/mol.